The molecule has 1 saturated heterocycles. The van der Waals surface area contributed by atoms with Gasteiger partial charge in [0.15, 0.2) is 0 Å². The van der Waals surface area contributed by atoms with Gasteiger partial charge < -0.3 is 10.1 Å². The summed E-state index contributed by atoms with van der Waals surface area (Å²) in [6.07, 6.45) is 0.148. The van der Waals surface area contributed by atoms with Crippen LogP contribution in [0, 0.1) is 0 Å². The van der Waals surface area contributed by atoms with E-state index in [0.29, 0.717) is 0 Å². The van der Waals surface area contributed by atoms with Crippen LogP contribution in [0.5, 0.6) is 0 Å². The fourth-order valence-electron chi connectivity index (χ4n) is 1.68. The van der Waals surface area contributed by atoms with Crippen LogP contribution in [0.1, 0.15) is 25.5 Å². The lowest BCUT2D eigenvalue weighted by Gasteiger charge is -2.36. The first kappa shape index (κ1) is 10.9. The van der Waals surface area contributed by atoms with Crippen molar-refractivity contribution in [2.75, 3.05) is 13.2 Å². The van der Waals surface area contributed by atoms with Gasteiger partial charge in [-0.05, 0) is 31.5 Å². The maximum atomic E-state index is 5.84. The monoisotopic (exact) mass is 225 g/mol. The zero-order chi connectivity index (χ0) is 10.9. The van der Waals surface area contributed by atoms with Gasteiger partial charge in [-0.2, -0.15) is 0 Å². The number of halogens is 1. The lowest BCUT2D eigenvalue weighted by atomic mass is 10.0. The lowest BCUT2D eigenvalue weighted by Crippen LogP contribution is -2.50. The summed E-state index contributed by atoms with van der Waals surface area (Å²) >= 11 is 5.84. The molecule has 2 nitrogen and oxygen atoms in total. The van der Waals surface area contributed by atoms with Gasteiger partial charge in [0.1, 0.15) is 0 Å². The molecule has 2 rings (SSSR count). The highest BCUT2D eigenvalue weighted by atomic mass is 35.5. The molecule has 1 fully saturated rings. The zero-order valence-corrected chi connectivity index (χ0v) is 9.84. The Bertz CT molecular complexity index is 324. The Hall–Kier alpha value is -0.570. The summed E-state index contributed by atoms with van der Waals surface area (Å²) < 4.78 is 5.81. The van der Waals surface area contributed by atoms with Crippen molar-refractivity contribution in [2.24, 2.45) is 0 Å². The molecule has 15 heavy (non-hydrogen) atoms. The number of hydrogen-bond donors (Lipinski definition) is 1. The zero-order valence-electron chi connectivity index (χ0n) is 9.09. The Morgan fingerprint density at radius 3 is 2.53 bits per heavy atom. The standard InChI is InChI=1S/C12H16ClNO/c1-12(2)8-15-11(7-14-12)9-3-5-10(13)6-4-9/h3-6,11,14H,7-8H2,1-2H3. The van der Waals surface area contributed by atoms with Gasteiger partial charge in [-0.3, -0.25) is 0 Å². The number of nitrogens with one attached hydrogen (secondary N) is 1. The highest BCUT2D eigenvalue weighted by Crippen LogP contribution is 2.24. The van der Waals surface area contributed by atoms with Gasteiger partial charge >= 0.3 is 0 Å². The van der Waals surface area contributed by atoms with Crippen LogP contribution in [0.25, 0.3) is 0 Å². The molecule has 1 atom stereocenters. The molecule has 1 N–H and O–H groups in total. The highest BCUT2D eigenvalue weighted by molar-refractivity contribution is 6.30. The largest absolute Gasteiger partial charge is 0.370 e. The third-order valence-corrected chi connectivity index (χ3v) is 2.91. The van der Waals surface area contributed by atoms with Gasteiger partial charge in [0.05, 0.1) is 12.7 Å². The van der Waals surface area contributed by atoms with Crippen molar-refractivity contribution >= 4 is 11.6 Å². The van der Waals surface area contributed by atoms with Crippen molar-refractivity contribution in [3.63, 3.8) is 0 Å². The van der Waals surface area contributed by atoms with Gasteiger partial charge in [-0.15, -0.1) is 0 Å². The minimum Gasteiger partial charge on any atom is -0.370 e. The smallest absolute Gasteiger partial charge is 0.0950 e. The third-order valence-electron chi connectivity index (χ3n) is 2.65. The summed E-state index contributed by atoms with van der Waals surface area (Å²) in [6, 6.07) is 7.85. The molecule has 82 valence electrons. The predicted octanol–water partition coefficient (Wildman–Crippen LogP) is 2.78. The SMILES string of the molecule is CC1(C)COC(c2ccc(Cl)cc2)CN1. The molecule has 0 saturated carbocycles. The van der Waals surface area contributed by atoms with Crippen LogP contribution in [0.15, 0.2) is 24.3 Å². The summed E-state index contributed by atoms with van der Waals surface area (Å²) in [4.78, 5) is 0. The first-order chi connectivity index (χ1) is 7.07. The van der Waals surface area contributed by atoms with E-state index in [9.17, 15) is 0 Å². The molecule has 0 aliphatic carbocycles. The van der Waals surface area contributed by atoms with Gasteiger partial charge in [-0.25, -0.2) is 0 Å². The molecule has 0 spiro atoms. The fraction of sp³-hybridized carbons (Fsp3) is 0.500. The molecule has 0 radical (unpaired) electrons. The van der Waals surface area contributed by atoms with Gasteiger partial charge in [0.2, 0.25) is 0 Å². The number of rotatable bonds is 1. The molecule has 1 aliphatic rings. The molecule has 3 heteroatoms. The van der Waals surface area contributed by atoms with Crippen LogP contribution in [-0.2, 0) is 4.74 Å². The maximum absolute atomic E-state index is 5.84. The van der Waals surface area contributed by atoms with E-state index >= 15 is 0 Å². The van der Waals surface area contributed by atoms with E-state index in [1.54, 1.807) is 0 Å². The van der Waals surface area contributed by atoms with Crippen LogP contribution in [0.4, 0.5) is 0 Å². The van der Waals surface area contributed by atoms with Gasteiger partial charge in [0.25, 0.3) is 0 Å². The summed E-state index contributed by atoms with van der Waals surface area (Å²) in [5, 5.41) is 4.23. The first-order valence-corrected chi connectivity index (χ1v) is 5.57. The van der Waals surface area contributed by atoms with Crippen LogP contribution >= 0.6 is 11.6 Å². The molecular formula is C12H16ClNO. The number of hydrogen-bond acceptors (Lipinski definition) is 2. The Kier molecular flexibility index (Phi) is 3.01. The van der Waals surface area contributed by atoms with Crippen molar-refractivity contribution < 1.29 is 4.74 Å². The summed E-state index contributed by atoms with van der Waals surface area (Å²) in [7, 11) is 0. The molecule has 1 heterocycles. The van der Waals surface area contributed by atoms with Gasteiger partial charge in [0, 0.05) is 17.1 Å². The topological polar surface area (TPSA) is 21.3 Å². The Balaban J connectivity index is 2.04. The quantitative estimate of drug-likeness (QED) is 0.794. The molecular weight excluding hydrogens is 210 g/mol. The van der Waals surface area contributed by atoms with Crippen LogP contribution in [-0.4, -0.2) is 18.7 Å². The normalized spacial score (nSPS) is 25.1. The van der Waals surface area contributed by atoms with Crippen molar-refractivity contribution in [1.29, 1.82) is 0 Å². The van der Waals surface area contributed by atoms with Crippen LogP contribution in [0.2, 0.25) is 5.02 Å². The summed E-state index contributed by atoms with van der Waals surface area (Å²) in [6.45, 7) is 5.88. The second-order valence-electron chi connectivity index (χ2n) is 4.62. The van der Waals surface area contributed by atoms with E-state index in [4.69, 9.17) is 16.3 Å². The maximum Gasteiger partial charge on any atom is 0.0950 e. The Labute approximate surface area is 95.6 Å². The Morgan fingerprint density at radius 2 is 2.00 bits per heavy atom. The number of ether oxygens (including phenoxy) is 1. The van der Waals surface area contributed by atoms with E-state index in [1.807, 2.05) is 24.3 Å². The van der Waals surface area contributed by atoms with Crippen LogP contribution in [0.3, 0.4) is 0 Å². The van der Waals surface area contributed by atoms with Crippen molar-refractivity contribution in [3.8, 4) is 0 Å². The average Bonchev–Trinajstić information content (AvgIpc) is 2.20. The van der Waals surface area contributed by atoms with E-state index in [1.165, 1.54) is 5.56 Å². The van der Waals surface area contributed by atoms with E-state index in [2.05, 4.69) is 19.2 Å². The average molecular weight is 226 g/mol. The molecule has 0 amide bonds. The predicted molar refractivity (Wildman–Crippen MR) is 62.2 cm³/mol. The van der Waals surface area contributed by atoms with E-state index in [0.717, 1.165) is 18.2 Å². The molecule has 0 bridgehead atoms. The lowest BCUT2D eigenvalue weighted by molar-refractivity contribution is -0.0228. The fourth-order valence-corrected chi connectivity index (χ4v) is 1.81. The second kappa shape index (κ2) is 4.12. The van der Waals surface area contributed by atoms with Gasteiger partial charge in [-0.1, -0.05) is 23.7 Å². The number of morpholine rings is 1. The number of benzene rings is 1. The van der Waals surface area contributed by atoms with Crippen molar-refractivity contribution in [1.82, 2.24) is 5.32 Å². The highest BCUT2D eigenvalue weighted by Gasteiger charge is 2.27. The minimum absolute atomic E-state index is 0.0862. The first-order valence-electron chi connectivity index (χ1n) is 5.19. The van der Waals surface area contributed by atoms with Crippen molar-refractivity contribution in [2.45, 2.75) is 25.5 Å². The second-order valence-corrected chi connectivity index (χ2v) is 5.05. The molecule has 0 aromatic heterocycles. The summed E-state index contributed by atoms with van der Waals surface area (Å²) in [5.74, 6) is 0. The molecule has 1 unspecified atom stereocenters. The third kappa shape index (κ3) is 2.71. The van der Waals surface area contributed by atoms with E-state index in [-0.39, 0.29) is 11.6 Å². The molecule has 1 aromatic rings. The van der Waals surface area contributed by atoms with E-state index < -0.39 is 0 Å². The van der Waals surface area contributed by atoms with Crippen molar-refractivity contribution in [3.05, 3.63) is 34.9 Å². The minimum atomic E-state index is 0.0862. The molecule has 1 aliphatic heterocycles. The Morgan fingerprint density at radius 1 is 1.33 bits per heavy atom. The van der Waals surface area contributed by atoms with Crippen LogP contribution < -0.4 is 5.32 Å². The molecule has 1 aromatic carbocycles. The summed E-state index contributed by atoms with van der Waals surface area (Å²) in [5.41, 5.74) is 1.27.